The molecule has 16 heavy (non-hydrogen) atoms. The van der Waals surface area contributed by atoms with E-state index in [2.05, 4.69) is 0 Å². The quantitative estimate of drug-likeness (QED) is 0.662. The lowest BCUT2D eigenvalue weighted by Gasteiger charge is -2.16. The lowest BCUT2D eigenvalue weighted by Crippen LogP contribution is -2.31. The van der Waals surface area contributed by atoms with Crippen molar-refractivity contribution in [3.05, 3.63) is 36.5 Å². The number of amides is 1. The Morgan fingerprint density at radius 2 is 1.81 bits per heavy atom. The van der Waals surface area contributed by atoms with Crippen LogP contribution in [0, 0.1) is 0 Å². The van der Waals surface area contributed by atoms with Crippen LogP contribution in [-0.2, 0) is 0 Å². The first-order chi connectivity index (χ1) is 7.86. The molecule has 0 atom stereocenters. The molecule has 1 saturated heterocycles. The van der Waals surface area contributed by atoms with Gasteiger partial charge in [-0.05, 0) is 25.0 Å². The monoisotopic (exact) mass is 214 g/mol. The second-order valence-corrected chi connectivity index (χ2v) is 4.22. The Bertz CT molecular complexity index is 523. The van der Waals surface area contributed by atoms with Gasteiger partial charge in [0.1, 0.15) is 0 Å². The predicted molar refractivity (Wildman–Crippen MR) is 63.5 cm³/mol. The summed E-state index contributed by atoms with van der Waals surface area (Å²) in [4.78, 5) is 14.1. The van der Waals surface area contributed by atoms with E-state index in [1.54, 1.807) is 4.57 Å². The Balaban J connectivity index is 2.02. The number of nitrogens with zero attached hydrogens (tertiary/aromatic N) is 2. The first-order valence-electron chi connectivity index (χ1n) is 5.71. The van der Waals surface area contributed by atoms with E-state index in [0.29, 0.717) is 0 Å². The summed E-state index contributed by atoms with van der Waals surface area (Å²) in [5, 5.41) is 1.12. The number of fused-ring (bicyclic) bond motifs is 1. The highest BCUT2D eigenvalue weighted by molar-refractivity contribution is 5.91. The first kappa shape index (κ1) is 9.46. The van der Waals surface area contributed by atoms with Gasteiger partial charge < -0.3 is 4.90 Å². The summed E-state index contributed by atoms with van der Waals surface area (Å²) in [6, 6.07) is 10.1. The third-order valence-electron chi connectivity index (χ3n) is 3.18. The molecule has 3 rings (SSSR count). The van der Waals surface area contributed by atoms with Crippen LogP contribution in [0.2, 0.25) is 0 Å². The molecule has 1 aromatic heterocycles. The highest BCUT2D eigenvalue weighted by Crippen LogP contribution is 2.17. The second kappa shape index (κ2) is 3.67. The number of hydrogen-bond acceptors (Lipinski definition) is 1. The largest absolute Gasteiger partial charge is 0.328 e. The number of para-hydroxylation sites is 1. The molecule has 0 N–H and O–H groups in total. The molecule has 0 saturated carbocycles. The van der Waals surface area contributed by atoms with Gasteiger partial charge in [-0.1, -0.05) is 18.2 Å². The Hall–Kier alpha value is -1.77. The summed E-state index contributed by atoms with van der Waals surface area (Å²) in [6.45, 7) is 1.79. The summed E-state index contributed by atoms with van der Waals surface area (Å²) in [6.07, 6.45) is 4.13. The van der Waals surface area contributed by atoms with Crippen LogP contribution in [0.25, 0.3) is 10.9 Å². The van der Waals surface area contributed by atoms with Crippen molar-refractivity contribution in [2.24, 2.45) is 0 Å². The Morgan fingerprint density at radius 1 is 1.06 bits per heavy atom. The third kappa shape index (κ3) is 1.40. The zero-order chi connectivity index (χ0) is 11.0. The van der Waals surface area contributed by atoms with Crippen molar-refractivity contribution in [2.75, 3.05) is 13.1 Å². The molecule has 0 aliphatic carbocycles. The highest BCUT2D eigenvalue weighted by atomic mass is 16.2. The molecule has 1 aromatic carbocycles. The van der Waals surface area contributed by atoms with Gasteiger partial charge in [0.05, 0.1) is 5.52 Å². The lowest BCUT2D eigenvalue weighted by molar-refractivity contribution is 0.211. The van der Waals surface area contributed by atoms with E-state index < -0.39 is 0 Å². The molecule has 1 amide bonds. The fraction of sp³-hybridized carbons (Fsp3) is 0.308. The Morgan fingerprint density at radius 3 is 2.62 bits per heavy atom. The number of hydrogen-bond donors (Lipinski definition) is 0. The van der Waals surface area contributed by atoms with Gasteiger partial charge in [0.25, 0.3) is 0 Å². The molecule has 0 unspecified atom stereocenters. The van der Waals surface area contributed by atoms with Gasteiger partial charge in [0.2, 0.25) is 0 Å². The van der Waals surface area contributed by atoms with Crippen molar-refractivity contribution >= 4 is 16.9 Å². The number of benzene rings is 1. The highest BCUT2D eigenvalue weighted by Gasteiger charge is 2.20. The summed E-state index contributed by atoms with van der Waals surface area (Å²) < 4.78 is 1.75. The molecule has 0 bridgehead atoms. The van der Waals surface area contributed by atoms with Crippen molar-refractivity contribution in [3.63, 3.8) is 0 Å². The Kier molecular flexibility index (Phi) is 2.17. The number of carbonyl (C=O) groups is 1. The van der Waals surface area contributed by atoms with Crippen molar-refractivity contribution in [1.29, 1.82) is 0 Å². The number of likely N-dealkylation sites (tertiary alicyclic amines) is 1. The maximum Gasteiger partial charge on any atom is 0.328 e. The zero-order valence-corrected chi connectivity index (χ0v) is 9.10. The van der Waals surface area contributed by atoms with Crippen LogP contribution in [0.1, 0.15) is 12.8 Å². The van der Waals surface area contributed by atoms with Crippen LogP contribution >= 0.6 is 0 Å². The summed E-state index contributed by atoms with van der Waals surface area (Å²) in [7, 11) is 0. The van der Waals surface area contributed by atoms with Crippen LogP contribution in [0.15, 0.2) is 36.5 Å². The molecule has 0 spiro atoms. The molecule has 2 heterocycles. The maximum absolute atomic E-state index is 12.2. The van der Waals surface area contributed by atoms with E-state index in [1.165, 1.54) is 0 Å². The summed E-state index contributed by atoms with van der Waals surface area (Å²) >= 11 is 0. The second-order valence-electron chi connectivity index (χ2n) is 4.22. The van der Waals surface area contributed by atoms with Gasteiger partial charge in [0.15, 0.2) is 0 Å². The van der Waals surface area contributed by atoms with Crippen molar-refractivity contribution < 1.29 is 4.79 Å². The first-order valence-corrected chi connectivity index (χ1v) is 5.71. The molecule has 0 radical (unpaired) electrons. The van der Waals surface area contributed by atoms with Crippen molar-refractivity contribution in [3.8, 4) is 0 Å². The molecule has 1 aliphatic heterocycles. The third-order valence-corrected chi connectivity index (χ3v) is 3.18. The van der Waals surface area contributed by atoms with Crippen LogP contribution in [-0.4, -0.2) is 28.6 Å². The minimum Gasteiger partial charge on any atom is -0.324 e. The maximum atomic E-state index is 12.2. The van der Waals surface area contributed by atoms with Crippen LogP contribution < -0.4 is 0 Å². The normalized spacial score (nSPS) is 15.9. The van der Waals surface area contributed by atoms with Crippen molar-refractivity contribution in [2.45, 2.75) is 12.8 Å². The van der Waals surface area contributed by atoms with E-state index in [1.807, 2.05) is 41.4 Å². The fourth-order valence-corrected chi connectivity index (χ4v) is 2.31. The van der Waals surface area contributed by atoms with Gasteiger partial charge in [-0.25, -0.2) is 4.79 Å². The van der Waals surface area contributed by atoms with Crippen LogP contribution in [0.5, 0.6) is 0 Å². The minimum absolute atomic E-state index is 0.110. The summed E-state index contributed by atoms with van der Waals surface area (Å²) in [5.74, 6) is 0. The van der Waals surface area contributed by atoms with E-state index in [0.717, 1.165) is 36.8 Å². The Labute approximate surface area is 94.3 Å². The molecule has 3 nitrogen and oxygen atoms in total. The number of aromatic nitrogens is 1. The standard InChI is InChI=1S/C13H14N2O/c16-13(14-8-3-4-9-14)15-10-7-11-5-1-2-6-12(11)15/h1-2,5-7,10H,3-4,8-9H2. The minimum atomic E-state index is 0.110. The van der Waals surface area contributed by atoms with E-state index >= 15 is 0 Å². The predicted octanol–water partition coefficient (Wildman–Crippen LogP) is 2.71. The van der Waals surface area contributed by atoms with E-state index in [-0.39, 0.29) is 6.03 Å². The molecule has 3 heteroatoms. The average Bonchev–Trinajstić information content (AvgIpc) is 2.98. The lowest BCUT2D eigenvalue weighted by atomic mass is 10.2. The molecule has 1 aliphatic rings. The van der Waals surface area contributed by atoms with Gasteiger partial charge in [-0.2, -0.15) is 0 Å². The van der Waals surface area contributed by atoms with Gasteiger partial charge >= 0.3 is 6.03 Å². The van der Waals surface area contributed by atoms with Gasteiger partial charge in [-0.3, -0.25) is 4.57 Å². The fourth-order valence-electron chi connectivity index (χ4n) is 2.31. The molecular formula is C13H14N2O. The number of carbonyl (C=O) groups excluding carboxylic acids is 1. The molecule has 1 fully saturated rings. The van der Waals surface area contributed by atoms with Gasteiger partial charge in [0, 0.05) is 24.7 Å². The summed E-state index contributed by atoms with van der Waals surface area (Å²) in [5.41, 5.74) is 0.999. The van der Waals surface area contributed by atoms with E-state index in [4.69, 9.17) is 0 Å². The average molecular weight is 214 g/mol. The van der Waals surface area contributed by atoms with Crippen molar-refractivity contribution in [1.82, 2.24) is 9.47 Å². The smallest absolute Gasteiger partial charge is 0.324 e. The molecule has 2 aromatic rings. The molecular weight excluding hydrogens is 200 g/mol. The van der Waals surface area contributed by atoms with Crippen LogP contribution in [0.3, 0.4) is 0 Å². The zero-order valence-electron chi connectivity index (χ0n) is 9.10. The number of rotatable bonds is 0. The molecule has 82 valence electrons. The SMILES string of the molecule is O=C(N1CCCC1)n1ccc2ccccc21. The van der Waals surface area contributed by atoms with Gasteiger partial charge in [-0.15, -0.1) is 0 Å². The topological polar surface area (TPSA) is 25.2 Å². The van der Waals surface area contributed by atoms with E-state index in [9.17, 15) is 4.79 Å². The van der Waals surface area contributed by atoms with Crippen LogP contribution in [0.4, 0.5) is 4.79 Å².